The Hall–Kier alpha value is -2.27. The molecule has 0 saturated carbocycles. The van der Waals surface area contributed by atoms with Crippen molar-refractivity contribution in [3.8, 4) is 11.3 Å². The van der Waals surface area contributed by atoms with Gasteiger partial charge in [-0.3, -0.25) is 0 Å². The average molecular weight is 277 g/mol. The molecular formula is C13H9ClN2O3. The minimum Gasteiger partial charge on any atom is -0.477 e. The third-order valence-electron chi connectivity index (χ3n) is 3.00. The number of aryl methyl sites for hydroxylation is 1. The standard InChI is InChI=1S/C13H9ClN2O3/c1-16-6-9(7-3-2-4-10(14)11(7)16)12-8(13(17)18)5-15-19-12/h2-6H,1H3,(H,17,18). The highest BCUT2D eigenvalue weighted by Gasteiger charge is 2.21. The lowest BCUT2D eigenvalue weighted by Gasteiger charge is -1.98. The van der Waals surface area contributed by atoms with Gasteiger partial charge in [0.15, 0.2) is 5.76 Å². The van der Waals surface area contributed by atoms with Crippen LogP contribution in [-0.4, -0.2) is 20.8 Å². The Morgan fingerprint density at radius 1 is 1.47 bits per heavy atom. The number of carboxylic acid groups (broad SMARTS) is 1. The lowest BCUT2D eigenvalue weighted by atomic mass is 10.1. The van der Waals surface area contributed by atoms with Crippen LogP contribution < -0.4 is 0 Å². The summed E-state index contributed by atoms with van der Waals surface area (Å²) in [5, 5.41) is 14.1. The fourth-order valence-corrected chi connectivity index (χ4v) is 2.49. The third kappa shape index (κ3) is 1.70. The quantitative estimate of drug-likeness (QED) is 0.780. The minimum atomic E-state index is -1.07. The van der Waals surface area contributed by atoms with E-state index in [-0.39, 0.29) is 11.3 Å². The van der Waals surface area contributed by atoms with Gasteiger partial charge in [0.05, 0.1) is 16.7 Å². The van der Waals surface area contributed by atoms with Crippen LogP contribution in [0.25, 0.3) is 22.2 Å². The van der Waals surface area contributed by atoms with Crippen molar-refractivity contribution in [2.24, 2.45) is 7.05 Å². The van der Waals surface area contributed by atoms with Gasteiger partial charge >= 0.3 is 5.97 Å². The summed E-state index contributed by atoms with van der Waals surface area (Å²) < 4.78 is 6.92. The molecule has 5 nitrogen and oxygen atoms in total. The van der Waals surface area contributed by atoms with Crippen molar-refractivity contribution >= 4 is 28.5 Å². The summed E-state index contributed by atoms with van der Waals surface area (Å²) in [5.74, 6) is -0.837. The molecular weight excluding hydrogens is 268 g/mol. The van der Waals surface area contributed by atoms with Gasteiger partial charge in [-0.25, -0.2) is 4.79 Å². The fraction of sp³-hybridized carbons (Fsp3) is 0.0769. The van der Waals surface area contributed by atoms with E-state index in [2.05, 4.69) is 5.16 Å². The van der Waals surface area contributed by atoms with Crippen LogP contribution in [0.1, 0.15) is 10.4 Å². The number of hydrogen-bond donors (Lipinski definition) is 1. The molecule has 0 unspecified atom stereocenters. The van der Waals surface area contributed by atoms with Crippen molar-refractivity contribution in [3.63, 3.8) is 0 Å². The molecule has 0 amide bonds. The van der Waals surface area contributed by atoms with E-state index >= 15 is 0 Å². The van der Waals surface area contributed by atoms with Gasteiger partial charge in [0.1, 0.15) is 5.56 Å². The van der Waals surface area contributed by atoms with Crippen LogP contribution in [-0.2, 0) is 7.05 Å². The number of benzene rings is 1. The molecule has 0 aliphatic heterocycles. The first-order chi connectivity index (χ1) is 9.09. The Balaban J connectivity index is 2.35. The Kier molecular flexibility index (Phi) is 2.57. The molecule has 0 aliphatic rings. The summed E-state index contributed by atoms with van der Waals surface area (Å²) >= 11 is 6.16. The zero-order chi connectivity index (χ0) is 13.6. The van der Waals surface area contributed by atoms with E-state index < -0.39 is 5.97 Å². The molecule has 0 spiro atoms. The molecule has 2 aromatic heterocycles. The number of rotatable bonds is 2. The Labute approximate surface area is 113 Å². The van der Waals surface area contributed by atoms with E-state index in [1.165, 1.54) is 6.20 Å². The van der Waals surface area contributed by atoms with Crippen LogP contribution in [0.5, 0.6) is 0 Å². The van der Waals surface area contributed by atoms with E-state index in [0.717, 1.165) is 10.9 Å². The van der Waals surface area contributed by atoms with E-state index in [0.29, 0.717) is 10.6 Å². The zero-order valence-electron chi connectivity index (χ0n) is 9.92. The number of halogens is 1. The number of carboxylic acids is 1. The topological polar surface area (TPSA) is 68.3 Å². The highest BCUT2D eigenvalue weighted by molar-refractivity contribution is 6.35. The zero-order valence-corrected chi connectivity index (χ0v) is 10.7. The van der Waals surface area contributed by atoms with Gasteiger partial charge in [-0.1, -0.05) is 28.9 Å². The maximum absolute atomic E-state index is 11.1. The second-order valence-corrected chi connectivity index (χ2v) is 4.57. The van der Waals surface area contributed by atoms with Crippen molar-refractivity contribution in [3.05, 3.63) is 41.2 Å². The molecule has 2 heterocycles. The molecule has 19 heavy (non-hydrogen) atoms. The average Bonchev–Trinajstić information content (AvgIpc) is 2.94. The van der Waals surface area contributed by atoms with E-state index in [9.17, 15) is 4.79 Å². The molecule has 0 saturated heterocycles. The van der Waals surface area contributed by atoms with Gasteiger partial charge < -0.3 is 14.2 Å². The molecule has 96 valence electrons. The number of aromatic carboxylic acids is 1. The summed E-state index contributed by atoms with van der Waals surface area (Å²) in [6, 6.07) is 5.46. The fourth-order valence-electron chi connectivity index (χ4n) is 2.19. The van der Waals surface area contributed by atoms with Crippen molar-refractivity contribution in [1.82, 2.24) is 9.72 Å². The molecule has 0 aliphatic carbocycles. The van der Waals surface area contributed by atoms with Gasteiger partial charge in [-0.2, -0.15) is 0 Å². The SMILES string of the molecule is Cn1cc(-c2oncc2C(=O)O)c2cccc(Cl)c21. The molecule has 3 rings (SSSR count). The predicted octanol–water partition coefficient (Wildman–Crippen LogP) is 3.18. The number of nitrogens with zero attached hydrogens (tertiary/aromatic N) is 2. The molecule has 0 fully saturated rings. The summed E-state index contributed by atoms with van der Waals surface area (Å²) in [6.07, 6.45) is 2.98. The smallest absolute Gasteiger partial charge is 0.341 e. The van der Waals surface area contributed by atoms with Crippen molar-refractivity contribution in [1.29, 1.82) is 0 Å². The highest BCUT2D eigenvalue weighted by atomic mass is 35.5. The van der Waals surface area contributed by atoms with Gasteiger partial charge in [-0.15, -0.1) is 0 Å². The number of fused-ring (bicyclic) bond motifs is 1. The first-order valence-corrected chi connectivity index (χ1v) is 5.89. The largest absolute Gasteiger partial charge is 0.477 e. The lowest BCUT2D eigenvalue weighted by Crippen LogP contribution is -1.95. The van der Waals surface area contributed by atoms with Gasteiger partial charge in [0.2, 0.25) is 0 Å². The normalized spacial score (nSPS) is 11.1. The maximum atomic E-state index is 11.1. The number of hydrogen-bond acceptors (Lipinski definition) is 3. The van der Waals surface area contributed by atoms with Crippen LogP contribution in [0.4, 0.5) is 0 Å². The van der Waals surface area contributed by atoms with Crippen LogP contribution in [0.3, 0.4) is 0 Å². The van der Waals surface area contributed by atoms with Gasteiger partial charge in [0, 0.05) is 24.2 Å². The van der Waals surface area contributed by atoms with Crippen LogP contribution >= 0.6 is 11.6 Å². The molecule has 0 radical (unpaired) electrons. The Bertz CT molecular complexity index is 788. The monoisotopic (exact) mass is 276 g/mol. The van der Waals surface area contributed by atoms with E-state index in [1.54, 1.807) is 12.3 Å². The second-order valence-electron chi connectivity index (χ2n) is 4.16. The van der Waals surface area contributed by atoms with Crippen molar-refractivity contribution in [2.45, 2.75) is 0 Å². The van der Waals surface area contributed by atoms with Crippen LogP contribution in [0.2, 0.25) is 5.02 Å². The minimum absolute atomic E-state index is 0.0347. The first kappa shape index (κ1) is 11.8. The number of carbonyl (C=O) groups is 1. The summed E-state index contributed by atoms with van der Waals surface area (Å²) in [5.41, 5.74) is 1.52. The summed E-state index contributed by atoms with van der Waals surface area (Å²) in [7, 11) is 1.84. The Morgan fingerprint density at radius 2 is 2.26 bits per heavy atom. The molecule has 3 aromatic rings. The molecule has 1 N–H and O–H groups in total. The predicted molar refractivity (Wildman–Crippen MR) is 70.4 cm³/mol. The number of aromatic nitrogens is 2. The molecule has 6 heteroatoms. The van der Waals surface area contributed by atoms with Gasteiger partial charge in [0.25, 0.3) is 0 Å². The van der Waals surface area contributed by atoms with Crippen LogP contribution in [0, 0.1) is 0 Å². The van der Waals surface area contributed by atoms with Crippen LogP contribution in [0.15, 0.2) is 35.1 Å². The van der Waals surface area contributed by atoms with Crippen molar-refractivity contribution in [2.75, 3.05) is 0 Å². The van der Waals surface area contributed by atoms with E-state index in [1.807, 2.05) is 23.7 Å². The second kappa shape index (κ2) is 4.13. The van der Waals surface area contributed by atoms with E-state index in [4.69, 9.17) is 21.2 Å². The highest BCUT2D eigenvalue weighted by Crippen LogP contribution is 2.35. The number of para-hydroxylation sites is 1. The van der Waals surface area contributed by atoms with Crippen molar-refractivity contribution < 1.29 is 14.4 Å². The summed E-state index contributed by atoms with van der Waals surface area (Å²) in [6.45, 7) is 0. The Morgan fingerprint density at radius 3 is 3.00 bits per heavy atom. The molecule has 0 atom stereocenters. The van der Waals surface area contributed by atoms with Gasteiger partial charge in [-0.05, 0) is 6.07 Å². The summed E-state index contributed by atoms with van der Waals surface area (Å²) in [4.78, 5) is 11.1. The lowest BCUT2D eigenvalue weighted by molar-refractivity contribution is 0.0697. The first-order valence-electron chi connectivity index (χ1n) is 5.51. The molecule has 1 aromatic carbocycles. The molecule has 0 bridgehead atoms. The third-order valence-corrected chi connectivity index (χ3v) is 3.30. The maximum Gasteiger partial charge on any atom is 0.341 e.